The van der Waals surface area contributed by atoms with E-state index < -0.39 is 0 Å². The molecule has 4 N–H and O–H groups in total. The van der Waals surface area contributed by atoms with E-state index in [1.54, 1.807) is 6.07 Å². The summed E-state index contributed by atoms with van der Waals surface area (Å²) < 4.78 is 0. The fourth-order valence-electron chi connectivity index (χ4n) is 0.726. The second-order valence-corrected chi connectivity index (χ2v) is 1.98. The summed E-state index contributed by atoms with van der Waals surface area (Å²) in [6.45, 7) is 3.45. The van der Waals surface area contributed by atoms with Crippen LogP contribution < -0.4 is 16.6 Å². The first-order chi connectivity index (χ1) is 5.25. The number of pyridine rings is 1. The van der Waals surface area contributed by atoms with Crippen molar-refractivity contribution in [3.05, 3.63) is 35.4 Å². The number of anilines is 2. The SMILES string of the molecule is C=CNc1cc[nH]c(=O)c1N. The van der Waals surface area contributed by atoms with E-state index in [1.807, 2.05) is 0 Å². The second-order valence-electron chi connectivity index (χ2n) is 1.98. The van der Waals surface area contributed by atoms with Gasteiger partial charge in [0.25, 0.3) is 5.56 Å². The van der Waals surface area contributed by atoms with Crippen molar-refractivity contribution in [2.45, 2.75) is 0 Å². The number of nitrogens with one attached hydrogen (secondary N) is 2. The Kier molecular flexibility index (Phi) is 1.96. The Hall–Kier alpha value is -1.71. The molecule has 1 aromatic heterocycles. The lowest BCUT2D eigenvalue weighted by Gasteiger charge is -2.01. The number of aromatic amines is 1. The van der Waals surface area contributed by atoms with E-state index >= 15 is 0 Å². The molecule has 0 aliphatic carbocycles. The monoisotopic (exact) mass is 151 g/mol. The zero-order valence-corrected chi connectivity index (χ0v) is 5.92. The summed E-state index contributed by atoms with van der Waals surface area (Å²) in [5.74, 6) is 0. The fourth-order valence-corrected chi connectivity index (χ4v) is 0.726. The summed E-state index contributed by atoms with van der Waals surface area (Å²) in [4.78, 5) is 13.3. The van der Waals surface area contributed by atoms with Crippen molar-refractivity contribution < 1.29 is 0 Å². The fraction of sp³-hybridized carbons (Fsp3) is 0. The molecular weight excluding hydrogens is 142 g/mol. The molecule has 0 amide bonds. The Bertz CT molecular complexity index is 316. The second kappa shape index (κ2) is 2.92. The van der Waals surface area contributed by atoms with Crippen LogP contribution in [0.1, 0.15) is 0 Å². The van der Waals surface area contributed by atoms with Crippen molar-refractivity contribution in [2.24, 2.45) is 0 Å². The molecule has 0 unspecified atom stereocenters. The highest BCUT2D eigenvalue weighted by molar-refractivity contribution is 5.65. The third-order valence-corrected chi connectivity index (χ3v) is 1.26. The van der Waals surface area contributed by atoms with Crippen LogP contribution in [0.3, 0.4) is 0 Å². The number of hydrogen-bond donors (Lipinski definition) is 3. The minimum atomic E-state index is -0.295. The van der Waals surface area contributed by atoms with Gasteiger partial charge in [-0.1, -0.05) is 6.58 Å². The van der Waals surface area contributed by atoms with Gasteiger partial charge in [-0.25, -0.2) is 0 Å². The average Bonchev–Trinajstić information content (AvgIpc) is 1.99. The zero-order chi connectivity index (χ0) is 8.27. The molecule has 11 heavy (non-hydrogen) atoms. The van der Waals surface area contributed by atoms with Gasteiger partial charge in [-0.05, 0) is 12.3 Å². The van der Waals surface area contributed by atoms with Crippen molar-refractivity contribution in [2.75, 3.05) is 11.1 Å². The lowest BCUT2D eigenvalue weighted by Crippen LogP contribution is -2.12. The van der Waals surface area contributed by atoms with Crippen LogP contribution in [0.25, 0.3) is 0 Å². The number of nitrogens with two attached hydrogens (primary N) is 1. The van der Waals surface area contributed by atoms with E-state index in [0.29, 0.717) is 5.69 Å². The average molecular weight is 151 g/mol. The lowest BCUT2D eigenvalue weighted by molar-refractivity contribution is 1.24. The van der Waals surface area contributed by atoms with E-state index in [2.05, 4.69) is 16.9 Å². The molecule has 4 heteroatoms. The molecule has 0 saturated heterocycles. The van der Waals surface area contributed by atoms with E-state index in [4.69, 9.17) is 5.73 Å². The van der Waals surface area contributed by atoms with Crippen molar-refractivity contribution in [3.63, 3.8) is 0 Å². The molecule has 0 bridgehead atoms. The van der Waals surface area contributed by atoms with Gasteiger partial charge < -0.3 is 16.0 Å². The topological polar surface area (TPSA) is 70.9 Å². The largest absolute Gasteiger partial charge is 0.393 e. The van der Waals surface area contributed by atoms with Crippen molar-refractivity contribution >= 4 is 11.4 Å². The molecule has 0 radical (unpaired) electrons. The minimum Gasteiger partial charge on any atom is -0.393 e. The maximum atomic E-state index is 10.9. The zero-order valence-electron chi connectivity index (χ0n) is 5.92. The Morgan fingerprint density at radius 2 is 2.45 bits per heavy atom. The number of aromatic nitrogens is 1. The summed E-state index contributed by atoms with van der Waals surface area (Å²) in [6, 6.07) is 1.67. The first-order valence-electron chi connectivity index (χ1n) is 3.10. The number of hydrogen-bond acceptors (Lipinski definition) is 3. The van der Waals surface area contributed by atoms with Crippen LogP contribution in [0, 0.1) is 0 Å². The standard InChI is InChI=1S/C7H9N3O/c1-2-9-5-3-4-10-7(11)6(5)8/h2-4H,1,8H2,(H2,9,10,11). The van der Waals surface area contributed by atoms with Crippen LogP contribution in [0.2, 0.25) is 0 Å². The molecule has 0 atom stereocenters. The molecule has 0 spiro atoms. The lowest BCUT2D eigenvalue weighted by atomic mass is 10.3. The third kappa shape index (κ3) is 1.40. The first kappa shape index (κ1) is 7.40. The minimum absolute atomic E-state index is 0.174. The van der Waals surface area contributed by atoms with Gasteiger partial charge >= 0.3 is 0 Å². The highest BCUT2D eigenvalue weighted by Crippen LogP contribution is 2.10. The Morgan fingerprint density at radius 3 is 3.09 bits per heavy atom. The predicted octanol–water partition coefficient (Wildman–Crippen LogP) is 0.512. The van der Waals surface area contributed by atoms with E-state index in [9.17, 15) is 4.79 Å². The van der Waals surface area contributed by atoms with E-state index in [-0.39, 0.29) is 11.2 Å². The predicted molar refractivity (Wildman–Crippen MR) is 45.3 cm³/mol. The van der Waals surface area contributed by atoms with Gasteiger partial charge in [0.15, 0.2) is 0 Å². The molecule has 1 heterocycles. The molecule has 4 nitrogen and oxygen atoms in total. The smallest absolute Gasteiger partial charge is 0.273 e. The molecule has 0 saturated carbocycles. The molecule has 0 aliphatic heterocycles. The van der Waals surface area contributed by atoms with Crippen LogP contribution >= 0.6 is 0 Å². The Balaban J connectivity index is 3.16. The summed E-state index contributed by atoms with van der Waals surface area (Å²) in [5.41, 5.74) is 5.87. The molecule has 0 aliphatic rings. The van der Waals surface area contributed by atoms with Crippen LogP contribution in [0.5, 0.6) is 0 Å². The van der Waals surface area contributed by atoms with Gasteiger partial charge in [0.2, 0.25) is 0 Å². The maximum absolute atomic E-state index is 10.9. The van der Waals surface area contributed by atoms with E-state index in [0.717, 1.165) is 0 Å². The number of nitrogen functional groups attached to an aromatic ring is 1. The summed E-state index contributed by atoms with van der Waals surface area (Å²) in [6.07, 6.45) is 2.98. The van der Waals surface area contributed by atoms with Crippen molar-refractivity contribution in [1.29, 1.82) is 0 Å². The molecule has 1 rings (SSSR count). The maximum Gasteiger partial charge on any atom is 0.273 e. The third-order valence-electron chi connectivity index (χ3n) is 1.26. The van der Waals surface area contributed by atoms with Crippen LogP contribution in [-0.4, -0.2) is 4.98 Å². The van der Waals surface area contributed by atoms with E-state index in [1.165, 1.54) is 12.4 Å². The van der Waals surface area contributed by atoms with Crippen LogP contribution in [0.15, 0.2) is 29.8 Å². The molecular formula is C7H9N3O. The summed E-state index contributed by atoms with van der Waals surface area (Å²) in [5, 5.41) is 2.74. The summed E-state index contributed by atoms with van der Waals surface area (Å²) >= 11 is 0. The highest BCUT2D eigenvalue weighted by Gasteiger charge is 1.98. The van der Waals surface area contributed by atoms with Crippen molar-refractivity contribution in [3.8, 4) is 0 Å². The van der Waals surface area contributed by atoms with Gasteiger partial charge in [-0.3, -0.25) is 4.79 Å². The molecule has 58 valence electrons. The molecule has 0 aromatic carbocycles. The van der Waals surface area contributed by atoms with Gasteiger partial charge in [0.1, 0.15) is 5.69 Å². The van der Waals surface area contributed by atoms with Gasteiger partial charge in [0, 0.05) is 6.20 Å². The molecule has 1 aromatic rings. The number of rotatable bonds is 2. The molecule has 0 fully saturated rings. The summed E-state index contributed by atoms with van der Waals surface area (Å²) in [7, 11) is 0. The Morgan fingerprint density at radius 1 is 1.73 bits per heavy atom. The van der Waals surface area contributed by atoms with Crippen LogP contribution in [-0.2, 0) is 0 Å². The van der Waals surface area contributed by atoms with Gasteiger partial charge in [-0.2, -0.15) is 0 Å². The number of H-pyrrole nitrogens is 1. The van der Waals surface area contributed by atoms with Crippen LogP contribution in [0.4, 0.5) is 11.4 Å². The van der Waals surface area contributed by atoms with Crippen molar-refractivity contribution in [1.82, 2.24) is 4.98 Å². The first-order valence-corrected chi connectivity index (χ1v) is 3.10. The normalized spacial score (nSPS) is 9.09. The highest BCUT2D eigenvalue weighted by atomic mass is 16.1. The van der Waals surface area contributed by atoms with Gasteiger partial charge in [0.05, 0.1) is 5.69 Å². The quantitative estimate of drug-likeness (QED) is 0.576. The van der Waals surface area contributed by atoms with Gasteiger partial charge in [-0.15, -0.1) is 0 Å². The Labute approximate surface area is 63.7 Å².